The summed E-state index contributed by atoms with van der Waals surface area (Å²) in [7, 11) is 1.85. The summed E-state index contributed by atoms with van der Waals surface area (Å²) in [5.74, 6) is 0.561. The lowest BCUT2D eigenvalue weighted by Crippen LogP contribution is -2.52. The molecule has 3 atom stereocenters. The quantitative estimate of drug-likeness (QED) is 0.540. The van der Waals surface area contributed by atoms with Gasteiger partial charge in [-0.2, -0.15) is 4.98 Å². The average Bonchev–Trinajstić information content (AvgIpc) is 3.59. The van der Waals surface area contributed by atoms with Gasteiger partial charge in [-0.05, 0) is 67.8 Å². The molecule has 3 amide bonds. The first-order valence-electron chi connectivity index (χ1n) is 13.2. The van der Waals surface area contributed by atoms with Crippen molar-refractivity contribution in [3.8, 4) is 0 Å². The molecule has 3 unspecified atom stereocenters. The van der Waals surface area contributed by atoms with Crippen LogP contribution in [0.1, 0.15) is 48.7 Å². The van der Waals surface area contributed by atoms with Gasteiger partial charge < -0.3 is 31.1 Å². The van der Waals surface area contributed by atoms with Crippen LogP contribution < -0.4 is 21.3 Å². The number of urea groups is 1. The molecule has 11 nitrogen and oxygen atoms in total. The van der Waals surface area contributed by atoms with Gasteiger partial charge in [-0.3, -0.25) is 4.79 Å². The van der Waals surface area contributed by atoms with Gasteiger partial charge in [0.1, 0.15) is 0 Å². The van der Waals surface area contributed by atoms with Crippen LogP contribution >= 0.6 is 0 Å². The lowest BCUT2D eigenvalue weighted by atomic mass is 9.75. The number of amides is 3. The van der Waals surface area contributed by atoms with Gasteiger partial charge >= 0.3 is 6.03 Å². The van der Waals surface area contributed by atoms with Gasteiger partial charge in [-0.15, -0.1) is 10.2 Å². The van der Waals surface area contributed by atoms with Crippen LogP contribution in [0, 0.1) is 5.92 Å². The Kier molecular flexibility index (Phi) is 5.89. The number of piperidine rings is 2. The van der Waals surface area contributed by atoms with Crippen LogP contribution in [0.15, 0.2) is 24.3 Å². The molecule has 1 aromatic carbocycles. The van der Waals surface area contributed by atoms with Gasteiger partial charge in [0.15, 0.2) is 11.5 Å². The fourth-order valence-corrected chi connectivity index (χ4v) is 6.58. The van der Waals surface area contributed by atoms with E-state index in [0.717, 1.165) is 64.1 Å². The maximum absolute atomic E-state index is 12.7. The van der Waals surface area contributed by atoms with Gasteiger partial charge in [0, 0.05) is 32.4 Å². The first-order chi connectivity index (χ1) is 17.8. The maximum atomic E-state index is 12.7. The summed E-state index contributed by atoms with van der Waals surface area (Å²) in [5, 5.41) is 15.1. The number of hydrogen-bond donors (Lipinski definition) is 3. The van der Waals surface area contributed by atoms with E-state index < -0.39 is 5.91 Å². The lowest BCUT2D eigenvalue weighted by molar-refractivity contribution is 0.0995. The van der Waals surface area contributed by atoms with Crippen LogP contribution in [0.2, 0.25) is 0 Å². The van der Waals surface area contributed by atoms with Gasteiger partial charge in [-0.1, -0.05) is 19.1 Å². The number of carbonyl (C=O) groups is 2. The largest absolute Gasteiger partial charge is 0.364 e. The Bertz CT molecular complexity index is 1200. The number of primary amides is 1. The molecule has 2 aromatic rings. The van der Waals surface area contributed by atoms with Crippen LogP contribution in [0.3, 0.4) is 0 Å². The number of aromatic nitrogens is 3. The van der Waals surface area contributed by atoms with E-state index in [-0.39, 0.29) is 29.2 Å². The molecular weight excluding hydrogens is 470 g/mol. The van der Waals surface area contributed by atoms with Gasteiger partial charge in [-0.25, -0.2) is 4.79 Å². The molecule has 3 aliphatic heterocycles. The summed E-state index contributed by atoms with van der Waals surface area (Å²) in [6.45, 7) is 6.67. The van der Waals surface area contributed by atoms with Crippen molar-refractivity contribution in [2.24, 2.45) is 11.7 Å². The number of nitrogens with zero attached hydrogens (tertiary/aromatic N) is 6. The number of hydrogen-bond acceptors (Lipinski definition) is 8. The van der Waals surface area contributed by atoms with E-state index in [1.807, 2.05) is 24.1 Å². The highest BCUT2D eigenvalue weighted by Gasteiger charge is 2.50. The second kappa shape index (κ2) is 9.13. The average molecular weight is 506 g/mol. The van der Waals surface area contributed by atoms with Crippen molar-refractivity contribution < 1.29 is 9.59 Å². The molecular formula is C26H35N9O2. The Labute approximate surface area is 216 Å². The third-order valence-corrected chi connectivity index (χ3v) is 8.82. The minimum Gasteiger partial charge on any atom is -0.364 e. The van der Waals surface area contributed by atoms with Crippen molar-refractivity contribution in [2.45, 2.75) is 50.1 Å². The summed E-state index contributed by atoms with van der Waals surface area (Å²) >= 11 is 0. The molecule has 4 aliphatic rings. The molecule has 6 rings (SSSR count). The molecule has 1 saturated carbocycles. The van der Waals surface area contributed by atoms with Crippen molar-refractivity contribution in [2.75, 3.05) is 50.0 Å². The van der Waals surface area contributed by atoms with Crippen molar-refractivity contribution in [3.05, 3.63) is 35.5 Å². The SMILES string of the molecule is CN1CCN(C2CC3CC2N(c2nnc(C(N)=O)c(Nc4ccc(C5(C)CCNCC5)cc4)n2)C3)C1=O. The Morgan fingerprint density at radius 1 is 1.08 bits per heavy atom. The minimum absolute atomic E-state index is 0.00963. The number of nitrogens with two attached hydrogens (primary N) is 1. The molecule has 37 heavy (non-hydrogen) atoms. The molecule has 11 heteroatoms. The summed E-state index contributed by atoms with van der Waals surface area (Å²) in [5.41, 5.74) is 7.89. The third kappa shape index (κ3) is 4.24. The number of fused-ring (bicyclic) bond motifs is 2. The smallest absolute Gasteiger partial charge is 0.320 e. The highest BCUT2D eigenvalue weighted by molar-refractivity contribution is 5.96. The van der Waals surface area contributed by atoms with Crippen LogP contribution in [-0.2, 0) is 5.41 Å². The van der Waals surface area contributed by atoms with Gasteiger partial charge in [0.05, 0.1) is 12.1 Å². The summed E-state index contributed by atoms with van der Waals surface area (Å²) < 4.78 is 0. The van der Waals surface area contributed by atoms with Crippen LogP contribution in [0.25, 0.3) is 0 Å². The number of anilines is 3. The number of likely N-dealkylation sites (N-methyl/N-ethyl adjacent to an activating group) is 1. The molecule has 196 valence electrons. The number of benzene rings is 1. The normalized spacial score (nSPS) is 26.7. The zero-order valence-electron chi connectivity index (χ0n) is 21.5. The fourth-order valence-electron chi connectivity index (χ4n) is 6.58. The summed E-state index contributed by atoms with van der Waals surface area (Å²) in [4.78, 5) is 35.4. The van der Waals surface area contributed by atoms with E-state index >= 15 is 0 Å². The summed E-state index contributed by atoms with van der Waals surface area (Å²) in [6.07, 6.45) is 4.20. The predicted octanol–water partition coefficient (Wildman–Crippen LogP) is 1.69. The second-order valence-electron chi connectivity index (χ2n) is 11.2. The first kappa shape index (κ1) is 23.9. The molecule has 4 fully saturated rings. The minimum atomic E-state index is -0.681. The highest BCUT2D eigenvalue weighted by atomic mass is 16.2. The van der Waals surface area contributed by atoms with E-state index in [1.165, 1.54) is 5.56 Å². The zero-order chi connectivity index (χ0) is 25.7. The Hall–Kier alpha value is -3.47. The van der Waals surface area contributed by atoms with Crippen LogP contribution in [-0.4, -0.2) is 88.8 Å². The third-order valence-electron chi connectivity index (χ3n) is 8.82. The van der Waals surface area contributed by atoms with Crippen LogP contribution in [0.5, 0.6) is 0 Å². The van der Waals surface area contributed by atoms with Crippen molar-refractivity contribution >= 4 is 29.4 Å². The van der Waals surface area contributed by atoms with E-state index in [4.69, 9.17) is 10.7 Å². The fraction of sp³-hybridized carbons (Fsp3) is 0.577. The molecule has 4 heterocycles. The number of carbonyl (C=O) groups excluding carboxylic acids is 2. The van der Waals surface area contributed by atoms with Crippen molar-refractivity contribution in [1.82, 2.24) is 30.3 Å². The van der Waals surface area contributed by atoms with E-state index in [1.54, 1.807) is 4.90 Å². The monoisotopic (exact) mass is 505 g/mol. The molecule has 3 saturated heterocycles. The van der Waals surface area contributed by atoms with Gasteiger partial charge in [0.2, 0.25) is 5.95 Å². The van der Waals surface area contributed by atoms with E-state index in [9.17, 15) is 9.59 Å². The lowest BCUT2D eigenvalue weighted by Gasteiger charge is -2.37. The summed E-state index contributed by atoms with van der Waals surface area (Å²) in [6, 6.07) is 8.67. The second-order valence-corrected chi connectivity index (χ2v) is 11.2. The van der Waals surface area contributed by atoms with E-state index in [0.29, 0.717) is 17.7 Å². The number of rotatable bonds is 6. The molecule has 1 aromatic heterocycles. The molecule has 0 spiro atoms. The zero-order valence-corrected chi connectivity index (χ0v) is 21.5. The standard InChI is InChI=1S/C26H35N9O2/c1-26(7-9-28-10-8-26)17-3-5-18(6-4-17)29-23-21(22(27)36)31-32-24(30-23)35-15-16-13-19(20(35)14-16)34-12-11-33(2)25(34)37/h3-6,16,19-20,28H,7-15H2,1-2H3,(H2,27,36)(H,29,30,32). The van der Waals surface area contributed by atoms with Crippen LogP contribution in [0.4, 0.5) is 22.2 Å². The van der Waals surface area contributed by atoms with Crippen molar-refractivity contribution in [3.63, 3.8) is 0 Å². The van der Waals surface area contributed by atoms with E-state index in [2.05, 4.69) is 44.8 Å². The molecule has 1 aliphatic carbocycles. The molecule has 4 N–H and O–H groups in total. The van der Waals surface area contributed by atoms with Crippen molar-refractivity contribution in [1.29, 1.82) is 0 Å². The molecule has 2 bridgehead atoms. The Balaban J connectivity index is 1.24. The topological polar surface area (TPSA) is 133 Å². The molecule has 0 radical (unpaired) electrons. The number of nitrogens with one attached hydrogen (secondary N) is 2. The predicted molar refractivity (Wildman–Crippen MR) is 140 cm³/mol. The van der Waals surface area contributed by atoms with Gasteiger partial charge in [0.25, 0.3) is 5.91 Å². The Morgan fingerprint density at radius 2 is 1.78 bits per heavy atom. The Morgan fingerprint density at radius 3 is 2.41 bits per heavy atom. The maximum Gasteiger partial charge on any atom is 0.320 e. The first-order valence-corrected chi connectivity index (χ1v) is 13.2. The highest BCUT2D eigenvalue weighted by Crippen LogP contribution is 2.42.